The highest BCUT2D eigenvalue weighted by Crippen LogP contribution is 2.29. The molecule has 0 atom stereocenters. The van der Waals surface area contributed by atoms with Gasteiger partial charge in [0.15, 0.2) is 5.58 Å². The van der Waals surface area contributed by atoms with E-state index in [1.165, 1.54) is 0 Å². The predicted molar refractivity (Wildman–Crippen MR) is 97.8 cm³/mol. The lowest BCUT2D eigenvalue weighted by atomic mass is 10.1. The molecule has 132 valence electrons. The van der Waals surface area contributed by atoms with Gasteiger partial charge < -0.3 is 14.6 Å². The van der Waals surface area contributed by atoms with Crippen molar-refractivity contribution in [2.24, 2.45) is 0 Å². The van der Waals surface area contributed by atoms with Gasteiger partial charge in [0.25, 0.3) is 5.91 Å². The lowest BCUT2D eigenvalue weighted by Gasteiger charge is -2.19. The monoisotopic (exact) mass is 371 g/mol. The Morgan fingerprint density at radius 2 is 2.04 bits per heavy atom. The highest BCUT2D eigenvalue weighted by atomic mass is 35.5. The van der Waals surface area contributed by atoms with Crippen LogP contribution in [0.25, 0.3) is 11.1 Å². The number of H-pyrrole nitrogens is 1. The maximum Gasteiger partial charge on any atom is 0.417 e. The summed E-state index contributed by atoms with van der Waals surface area (Å²) in [7, 11) is 0. The first kappa shape index (κ1) is 16.4. The molecule has 1 saturated heterocycles. The zero-order chi connectivity index (χ0) is 18.3. The molecule has 2 aromatic carbocycles. The molecule has 2 heterocycles. The first-order valence-electron chi connectivity index (χ1n) is 8.05. The molecule has 0 aliphatic carbocycles. The van der Waals surface area contributed by atoms with Crippen molar-refractivity contribution in [3.05, 3.63) is 57.5 Å². The van der Waals surface area contributed by atoms with Gasteiger partial charge in [-0.15, -0.1) is 0 Å². The molecule has 1 fully saturated rings. The molecular formula is C18H14ClN3O4. The van der Waals surface area contributed by atoms with E-state index in [0.29, 0.717) is 46.0 Å². The number of benzene rings is 2. The number of nitrogens with zero attached hydrogens (tertiary/aromatic N) is 1. The minimum absolute atomic E-state index is 0.0290. The van der Waals surface area contributed by atoms with Gasteiger partial charge >= 0.3 is 5.76 Å². The molecule has 0 saturated carbocycles. The summed E-state index contributed by atoms with van der Waals surface area (Å²) in [4.78, 5) is 40.2. The number of carbonyl (C=O) groups excluding carboxylic acids is 2. The van der Waals surface area contributed by atoms with Crippen LogP contribution in [0.5, 0.6) is 0 Å². The topological polar surface area (TPSA) is 95.4 Å². The molecule has 4 rings (SSSR count). The van der Waals surface area contributed by atoms with Crippen LogP contribution in [0, 0.1) is 0 Å². The first-order chi connectivity index (χ1) is 12.5. The second-order valence-corrected chi connectivity index (χ2v) is 6.43. The summed E-state index contributed by atoms with van der Waals surface area (Å²) in [6.07, 6.45) is 1.20. The summed E-state index contributed by atoms with van der Waals surface area (Å²) in [5.74, 6) is -0.962. The third-order valence-corrected chi connectivity index (χ3v) is 4.48. The predicted octanol–water partition coefficient (Wildman–Crippen LogP) is 3.15. The SMILES string of the molecule is O=C(Nc1ccc2oc(=O)[nH]c2c1)c1ccc(Cl)cc1N1CCCC1=O. The number of anilines is 2. The van der Waals surface area contributed by atoms with E-state index in [-0.39, 0.29) is 11.8 Å². The van der Waals surface area contributed by atoms with Crippen molar-refractivity contribution < 1.29 is 14.0 Å². The van der Waals surface area contributed by atoms with Crippen molar-refractivity contribution in [2.75, 3.05) is 16.8 Å². The van der Waals surface area contributed by atoms with Crippen molar-refractivity contribution in [1.29, 1.82) is 0 Å². The van der Waals surface area contributed by atoms with E-state index in [0.717, 1.165) is 6.42 Å². The van der Waals surface area contributed by atoms with Crippen molar-refractivity contribution >= 4 is 45.9 Å². The van der Waals surface area contributed by atoms with Crippen LogP contribution in [-0.2, 0) is 4.79 Å². The Morgan fingerprint density at radius 3 is 2.81 bits per heavy atom. The number of hydrogen-bond donors (Lipinski definition) is 2. The Morgan fingerprint density at radius 1 is 1.19 bits per heavy atom. The fourth-order valence-corrected chi connectivity index (χ4v) is 3.22. The van der Waals surface area contributed by atoms with Gasteiger partial charge in [-0.3, -0.25) is 14.6 Å². The highest BCUT2D eigenvalue weighted by Gasteiger charge is 2.26. The molecule has 0 bridgehead atoms. The smallest absolute Gasteiger partial charge is 0.408 e. The molecule has 2 amide bonds. The van der Waals surface area contributed by atoms with Crippen LogP contribution in [-0.4, -0.2) is 23.3 Å². The molecule has 2 N–H and O–H groups in total. The van der Waals surface area contributed by atoms with E-state index in [9.17, 15) is 14.4 Å². The number of halogens is 1. The molecule has 1 aliphatic heterocycles. The summed E-state index contributed by atoms with van der Waals surface area (Å²) in [5, 5.41) is 3.23. The van der Waals surface area contributed by atoms with Gasteiger partial charge in [0.1, 0.15) is 0 Å². The average Bonchev–Trinajstić information content (AvgIpc) is 3.18. The summed E-state index contributed by atoms with van der Waals surface area (Å²) in [6, 6.07) is 9.66. The van der Waals surface area contributed by atoms with Crippen LogP contribution in [0.4, 0.5) is 11.4 Å². The van der Waals surface area contributed by atoms with Gasteiger partial charge in [0, 0.05) is 23.7 Å². The average molecular weight is 372 g/mol. The molecule has 26 heavy (non-hydrogen) atoms. The van der Waals surface area contributed by atoms with Crippen LogP contribution in [0.15, 0.2) is 45.6 Å². The van der Waals surface area contributed by atoms with E-state index >= 15 is 0 Å². The van der Waals surface area contributed by atoms with Crippen LogP contribution >= 0.6 is 11.6 Å². The fraction of sp³-hybridized carbons (Fsp3) is 0.167. The number of hydrogen-bond acceptors (Lipinski definition) is 4. The van der Waals surface area contributed by atoms with Gasteiger partial charge in [-0.1, -0.05) is 11.6 Å². The summed E-state index contributed by atoms with van der Waals surface area (Å²) in [5.41, 5.74) is 2.23. The zero-order valence-electron chi connectivity index (χ0n) is 13.5. The molecule has 8 heteroatoms. The Labute approximate surface area is 152 Å². The second kappa shape index (κ2) is 6.34. The Hall–Kier alpha value is -3.06. The molecule has 3 aromatic rings. The maximum absolute atomic E-state index is 12.8. The first-order valence-corrected chi connectivity index (χ1v) is 8.43. The van der Waals surface area contributed by atoms with Gasteiger partial charge in [0.05, 0.1) is 16.8 Å². The van der Waals surface area contributed by atoms with Gasteiger partial charge in [-0.2, -0.15) is 0 Å². The minimum Gasteiger partial charge on any atom is -0.408 e. The standard InChI is InChI=1S/C18H14ClN3O4/c19-10-3-5-12(14(8-10)22-7-1-2-16(22)23)17(24)20-11-4-6-15-13(9-11)21-18(25)26-15/h3-6,8-9H,1-2,7H2,(H,20,24)(H,21,25). The number of nitrogens with one attached hydrogen (secondary N) is 2. The van der Waals surface area contributed by atoms with Crippen molar-refractivity contribution in [2.45, 2.75) is 12.8 Å². The third kappa shape index (κ3) is 2.97. The Balaban J connectivity index is 1.66. The van der Waals surface area contributed by atoms with Crippen molar-refractivity contribution in [1.82, 2.24) is 4.98 Å². The van der Waals surface area contributed by atoms with Gasteiger partial charge in [0.2, 0.25) is 5.91 Å². The van der Waals surface area contributed by atoms with Crippen LogP contribution in [0.1, 0.15) is 23.2 Å². The second-order valence-electron chi connectivity index (χ2n) is 5.99. The quantitative estimate of drug-likeness (QED) is 0.739. The maximum atomic E-state index is 12.8. The molecular weight excluding hydrogens is 358 g/mol. The third-order valence-electron chi connectivity index (χ3n) is 4.25. The van der Waals surface area contributed by atoms with E-state index < -0.39 is 5.76 Å². The Kier molecular flexibility index (Phi) is 4.00. The van der Waals surface area contributed by atoms with Crippen molar-refractivity contribution in [3.63, 3.8) is 0 Å². The number of amides is 2. The lowest BCUT2D eigenvalue weighted by molar-refractivity contribution is -0.117. The fourth-order valence-electron chi connectivity index (χ4n) is 3.05. The number of aromatic nitrogens is 1. The molecule has 1 aliphatic rings. The van der Waals surface area contributed by atoms with Crippen molar-refractivity contribution in [3.8, 4) is 0 Å². The lowest BCUT2D eigenvalue weighted by Crippen LogP contribution is -2.27. The summed E-state index contributed by atoms with van der Waals surface area (Å²) < 4.78 is 4.94. The summed E-state index contributed by atoms with van der Waals surface area (Å²) in [6.45, 7) is 0.557. The van der Waals surface area contributed by atoms with Crippen LogP contribution < -0.4 is 16.0 Å². The van der Waals surface area contributed by atoms with E-state index in [4.69, 9.17) is 16.0 Å². The Bertz CT molecular complexity index is 1090. The highest BCUT2D eigenvalue weighted by molar-refractivity contribution is 6.31. The molecule has 7 nitrogen and oxygen atoms in total. The van der Waals surface area contributed by atoms with E-state index in [1.807, 2.05) is 0 Å². The number of aromatic amines is 1. The van der Waals surface area contributed by atoms with Crippen LogP contribution in [0.3, 0.4) is 0 Å². The number of carbonyl (C=O) groups is 2. The van der Waals surface area contributed by atoms with E-state index in [1.54, 1.807) is 41.3 Å². The number of fused-ring (bicyclic) bond motifs is 1. The largest absolute Gasteiger partial charge is 0.417 e. The minimum atomic E-state index is -0.559. The number of rotatable bonds is 3. The van der Waals surface area contributed by atoms with Gasteiger partial charge in [-0.25, -0.2) is 4.79 Å². The molecule has 0 radical (unpaired) electrons. The normalized spacial score (nSPS) is 14.2. The number of oxazole rings is 1. The summed E-state index contributed by atoms with van der Waals surface area (Å²) >= 11 is 6.06. The molecule has 0 unspecified atom stereocenters. The molecule has 1 aromatic heterocycles. The van der Waals surface area contributed by atoms with E-state index in [2.05, 4.69) is 10.3 Å². The molecule has 0 spiro atoms. The van der Waals surface area contributed by atoms with Crippen LogP contribution in [0.2, 0.25) is 5.02 Å². The van der Waals surface area contributed by atoms with Gasteiger partial charge in [-0.05, 0) is 42.8 Å². The zero-order valence-corrected chi connectivity index (χ0v) is 14.3.